The predicted octanol–water partition coefficient (Wildman–Crippen LogP) is 4.50. The van der Waals surface area contributed by atoms with E-state index in [2.05, 4.69) is 32.8 Å². The fourth-order valence-electron chi connectivity index (χ4n) is 1.76. The highest BCUT2D eigenvalue weighted by Crippen LogP contribution is 2.19. The van der Waals surface area contributed by atoms with Gasteiger partial charge in [0, 0.05) is 15.6 Å². The fourth-order valence-corrected chi connectivity index (χ4v) is 2.16. The summed E-state index contributed by atoms with van der Waals surface area (Å²) >= 11 is 3.42. The first-order valence-corrected chi connectivity index (χ1v) is 6.89. The Morgan fingerprint density at radius 1 is 0.950 bits per heavy atom. The van der Waals surface area contributed by atoms with Crippen LogP contribution in [0.3, 0.4) is 0 Å². The van der Waals surface area contributed by atoms with Gasteiger partial charge in [-0.1, -0.05) is 58.2 Å². The lowest BCUT2D eigenvalue weighted by molar-refractivity contribution is 0.557. The number of rotatable bonds is 1. The zero-order valence-electron chi connectivity index (χ0n) is 10.5. The Bertz CT molecular complexity index is 781. The molecule has 1 heterocycles. The van der Waals surface area contributed by atoms with E-state index in [4.69, 9.17) is 4.42 Å². The average Bonchev–Trinajstić information content (AvgIpc) is 2.95. The van der Waals surface area contributed by atoms with Gasteiger partial charge in [-0.05, 0) is 24.1 Å². The van der Waals surface area contributed by atoms with Gasteiger partial charge in [0.05, 0.1) is 6.20 Å². The summed E-state index contributed by atoms with van der Waals surface area (Å²) in [6.07, 6.45) is 1.69. The molecule has 0 radical (unpaired) electrons. The van der Waals surface area contributed by atoms with Crippen molar-refractivity contribution in [3.63, 3.8) is 0 Å². The van der Waals surface area contributed by atoms with Crippen LogP contribution in [0.15, 0.2) is 69.7 Å². The molecule has 0 amide bonds. The molecule has 0 fully saturated rings. The molecule has 2 aromatic carbocycles. The van der Waals surface area contributed by atoms with Gasteiger partial charge in [-0.2, -0.15) is 0 Å². The molecule has 2 nitrogen and oxygen atoms in total. The highest BCUT2D eigenvalue weighted by molar-refractivity contribution is 9.10. The molecule has 0 atom stereocenters. The maximum Gasteiger partial charge on any atom is 0.274 e. The number of nitrogens with zero attached hydrogens (tertiary/aromatic N) is 1. The topological polar surface area (TPSA) is 26.0 Å². The zero-order valence-corrected chi connectivity index (χ0v) is 12.1. The summed E-state index contributed by atoms with van der Waals surface area (Å²) in [5.41, 5.74) is 1.91. The molecular formula is C17H10BrNO. The molecule has 20 heavy (non-hydrogen) atoms. The van der Waals surface area contributed by atoms with E-state index in [1.165, 1.54) is 0 Å². The van der Waals surface area contributed by atoms with Gasteiger partial charge in [0.15, 0.2) is 5.76 Å². The van der Waals surface area contributed by atoms with Crippen LogP contribution in [0.25, 0.3) is 11.3 Å². The number of oxazole rings is 1. The second kappa shape index (κ2) is 5.77. The molecule has 0 bridgehead atoms. The monoisotopic (exact) mass is 323 g/mol. The van der Waals surface area contributed by atoms with Crippen LogP contribution in [0.1, 0.15) is 11.5 Å². The molecular weight excluding hydrogens is 314 g/mol. The van der Waals surface area contributed by atoms with E-state index in [-0.39, 0.29) is 0 Å². The van der Waals surface area contributed by atoms with Gasteiger partial charge in [0.1, 0.15) is 0 Å². The van der Waals surface area contributed by atoms with E-state index < -0.39 is 0 Å². The molecule has 0 spiro atoms. The third-order valence-electron chi connectivity index (χ3n) is 2.70. The first-order valence-electron chi connectivity index (χ1n) is 6.10. The number of aromatic nitrogens is 1. The predicted molar refractivity (Wildman–Crippen MR) is 82.1 cm³/mol. The summed E-state index contributed by atoms with van der Waals surface area (Å²) in [6.45, 7) is 0. The first kappa shape index (κ1) is 12.7. The molecule has 0 aliphatic heterocycles. The van der Waals surface area contributed by atoms with Crippen LogP contribution in [-0.4, -0.2) is 4.98 Å². The zero-order chi connectivity index (χ0) is 13.8. The van der Waals surface area contributed by atoms with Gasteiger partial charge in [-0.3, -0.25) is 0 Å². The summed E-state index contributed by atoms with van der Waals surface area (Å²) in [4.78, 5) is 4.18. The van der Waals surface area contributed by atoms with Crippen LogP contribution in [0, 0.1) is 11.8 Å². The molecule has 0 aliphatic rings. The van der Waals surface area contributed by atoms with Crippen LogP contribution < -0.4 is 0 Å². The van der Waals surface area contributed by atoms with Crippen molar-refractivity contribution in [3.8, 4) is 23.2 Å². The van der Waals surface area contributed by atoms with Crippen molar-refractivity contribution in [3.05, 3.63) is 76.7 Å². The molecule has 0 saturated heterocycles. The van der Waals surface area contributed by atoms with Crippen LogP contribution in [0.2, 0.25) is 0 Å². The molecule has 96 valence electrons. The van der Waals surface area contributed by atoms with E-state index >= 15 is 0 Å². The first-order chi connectivity index (χ1) is 9.81. The summed E-state index contributed by atoms with van der Waals surface area (Å²) in [5, 5.41) is 0. The Hall–Kier alpha value is -2.31. The molecule has 1 aromatic heterocycles. The Labute approximate surface area is 125 Å². The number of halogens is 1. The third-order valence-corrected chi connectivity index (χ3v) is 3.20. The van der Waals surface area contributed by atoms with Crippen molar-refractivity contribution < 1.29 is 4.42 Å². The van der Waals surface area contributed by atoms with E-state index in [0.717, 1.165) is 21.4 Å². The highest BCUT2D eigenvalue weighted by Gasteiger charge is 2.03. The number of benzene rings is 2. The van der Waals surface area contributed by atoms with Gasteiger partial charge < -0.3 is 4.42 Å². The van der Waals surface area contributed by atoms with Gasteiger partial charge in [-0.25, -0.2) is 4.98 Å². The summed E-state index contributed by atoms with van der Waals surface area (Å²) in [6, 6.07) is 17.6. The highest BCUT2D eigenvalue weighted by atomic mass is 79.9. The van der Waals surface area contributed by atoms with E-state index in [0.29, 0.717) is 5.89 Å². The van der Waals surface area contributed by atoms with Gasteiger partial charge in [0.2, 0.25) is 0 Å². The van der Waals surface area contributed by atoms with E-state index in [1.807, 2.05) is 54.6 Å². The van der Waals surface area contributed by atoms with Crippen LogP contribution >= 0.6 is 15.9 Å². The fraction of sp³-hybridized carbons (Fsp3) is 0. The lowest BCUT2D eigenvalue weighted by atomic mass is 10.2. The normalized spacial score (nSPS) is 9.85. The Morgan fingerprint density at radius 2 is 1.80 bits per heavy atom. The van der Waals surface area contributed by atoms with Crippen molar-refractivity contribution in [2.45, 2.75) is 0 Å². The maximum absolute atomic E-state index is 5.63. The van der Waals surface area contributed by atoms with Crippen molar-refractivity contribution in [1.82, 2.24) is 4.98 Å². The minimum absolute atomic E-state index is 0.420. The van der Waals surface area contributed by atoms with Crippen molar-refractivity contribution in [2.24, 2.45) is 0 Å². The molecule has 0 unspecified atom stereocenters. The second-order valence-corrected chi connectivity index (χ2v) is 5.07. The minimum Gasteiger partial charge on any atom is -0.430 e. The van der Waals surface area contributed by atoms with Crippen LogP contribution in [-0.2, 0) is 0 Å². The maximum atomic E-state index is 5.63. The standard InChI is InChI=1S/C17H10BrNO/c18-15-8-4-5-13(11-15)9-10-17-19-12-16(20-17)14-6-2-1-3-7-14/h1-8,11-12H. The van der Waals surface area contributed by atoms with Crippen LogP contribution in [0.5, 0.6) is 0 Å². The lowest BCUT2D eigenvalue weighted by Crippen LogP contribution is -1.75. The SMILES string of the molecule is Brc1cccc(C#Cc2ncc(-c3ccccc3)o2)c1. The molecule has 3 aromatic rings. The summed E-state index contributed by atoms with van der Waals surface area (Å²) in [5.74, 6) is 7.11. The largest absolute Gasteiger partial charge is 0.430 e. The summed E-state index contributed by atoms with van der Waals surface area (Å²) in [7, 11) is 0. The van der Waals surface area contributed by atoms with Crippen molar-refractivity contribution in [1.29, 1.82) is 0 Å². The van der Waals surface area contributed by atoms with Crippen molar-refractivity contribution in [2.75, 3.05) is 0 Å². The third kappa shape index (κ3) is 2.98. The Morgan fingerprint density at radius 3 is 2.60 bits per heavy atom. The van der Waals surface area contributed by atoms with E-state index in [9.17, 15) is 0 Å². The Kier molecular flexibility index (Phi) is 3.67. The van der Waals surface area contributed by atoms with E-state index in [1.54, 1.807) is 6.20 Å². The second-order valence-electron chi connectivity index (χ2n) is 4.16. The molecule has 3 rings (SSSR count). The molecule has 0 N–H and O–H groups in total. The molecule has 0 saturated carbocycles. The van der Waals surface area contributed by atoms with Gasteiger partial charge in [-0.15, -0.1) is 0 Å². The smallest absolute Gasteiger partial charge is 0.274 e. The van der Waals surface area contributed by atoms with Crippen molar-refractivity contribution >= 4 is 15.9 Å². The number of hydrogen-bond donors (Lipinski definition) is 0. The lowest BCUT2D eigenvalue weighted by Gasteiger charge is -1.92. The van der Waals surface area contributed by atoms with Crippen LogP contribution in [0.4, 0.5) is 0 Å². The molecule has 3 heteroatoms. The molecule has 0 aliphatic carbocycles. The average molecular weight is 324 g/mol. The van der Waals surface area contributed by atoms with Gasteiger partial charge in [0.25, 0.3) is 5.89 Å². The number of hydrogen-bond acceptors (Lipinski definition) is 2. The Balaban J connectivity index is 1.85. The summed E-state index contributed by atoms with van der Waals surface area (Å²) < 4.78 is 6.63. The van der Waals surface area contributed by atoms with Gasteiger partial charge >= 0.3 is 0 Å². The quantitative estimate of drug-likeness (QED) is 0.616. The minimum atomic E-state index is 0.420.